The van der Waals surface area contributed by atoms with Gasteiger partial charge in [0, 0.05) is 43.5 Å². The molecule has 7 nitrogen and oxygen atoms in total. The van der Waals surface area contributed by atoms with Crippen molar-refractivity contribution in [2.75, 3.05) is 25.5 Å². The summed E-state index contributed by atoms with van der Waals surface area (Å²) in [4.78, 5) is 23.7. The lowest BCUT2D eigenvalue weighted by Crippen LogP contribution is -2.43. The van der Waals surface area contributed by atoms with Crippen molar-refractivity contribution in [1.82, 2.24) is 24.6 Å². The number of aryl methyl sites for hydroxylation is 1. The van der Waals surface area contributed by atoms with E-state index >= 15 is 13.2 Å². The largest absolute Gasteiger partial charge is 0.350 e. The second-order valence-corrected chi connectivity index (χ2v) is 19.9. The molecule has 6 rings (SSSR count). The van der Waals surface area contributed by atoms with E-state index in [2.05, 4.69) is 68.1 Å². The molecule has 50 heavy (non-hydrogen) atoms. The molecule has 3 aromatic carbocycles. The van der Waals surface area contributed by atoms with Crippen LogP contribution in [0.1, 0.15) is 69.7 Å². The van der Waals surface area contributed by atoms with Crippen LogP contribution in [0.3, 0.4) is 0 Å². The highest BCUT2D eigenvalue weighted by Crippen LogP contribution is 2.42. The van der Waals surface area contributed by atoms with E-state index in [0.29, 0.717) is 58.3 Å². The van der Waals surface area contributed by atoms with E-state index in [1.54, 1.807) is 41.9 Å². The van der Waals surface area contributed by atoms with Crippen molar-refractivity contribution in [2.24, 2.45) is 0 Å². The minimum atomic E-state index is -2.11. The van der Waals surface area contributed by atoms with Gasteiger partial charge >= 0.3 is 6.08 Å². The van der Waals surface area contributed by atoms with Gasteiger partial charge in [-0.05, 0) is 52.2 Å². The number of aromatic nitrogens is 4. The highest BCUT2D eigenvalue weighted by Gasteiger charge is 2.41. The Hall–Kier alpha value is -4.69. The Morgan fingerprint density at radius 3 is 2.26 bits per heavy atom. The molecule has 0 saturated carbocycles. The third-order valence-electron chi connectivity index (χ3n) is 10.2. The molecule has 1 amide bonds. The Morgan fingerprint density at radius 1 is 0.920 bits per heavy atom. The van der Waals surface area contributed by atoms with Gasteiger partial charge in [0.05, 0.1) is 17.8 Å². The zero-order valence-electron chi connectivity index (χ0n) is 29.9. The third kappa shape index (κ3) is 6.04. The maximum absolute atomic E-state index is 16.8. The van der Waals surface area contributed by atoms with Crippen LogP contribution in [0.2, 0.25) is 16.6 Å². The van der Waals surface area contributed by atoms with E-state index in [0.717, 1.165) is 5.39 Å². The van der Waals surface area contributed by atoms with E-state index < -0.39 is 25.8 Å². The van der Waals surface area contributed by atoms with Crippen LogP contribution in [-0.2, 0) is 13.1 Å². The fourth-order valence-corrected chi connectivity index (χ4v) is 13.1. The fourth-order valence-electron chi connectivity index (χ4n) is 7.88. The Morgan fingerprint density at radius 2 is 1.60 bits per heavy atom. The molecule has 0 bridgehead atoms. The summed E-state index contributed by atoms with van der Waals surface area (Å²) in [6.45, 7) is 14.6. The van der Waals surface area contributed by atoms with Gasteiger partial charge in [0.2, 0.25) is 0 Å². The first-order chi connectivity index (χ1) is 23.7. The van der Waals surface area contributed by atoms with Crippen molar-refractivity contribution in [2.45, 2.75) is 77.7 Å². The van der Waals surface area contributed by atoms with Crippen LogP contribution in [0.15, 0.2) is 48.5 Å². The van der Waals surface area contributed by atoms with Crippen LogP contribution in [-0.4, -0.2) is 59.3 Å². The fraction of sp³-hybridized carbons (Fsp3) is 0.385. The molecule has 0 unspecified atom stereocenters. The van der Waals surface area contributed by atoms with Crippen molar-refractivity contribution in [3.63, 3.8) is 0 Å². The molecule has 0 saturated heterocycles. The summed E-state index contributed by atoms with van der Waals surface area (Å²) in [6, 6.07) is 13.9. The first-order valence-corrected chi connectivity index (χ1v) is 19.4. The smallest absolute Gasteiger partial charge is 0.311 e. The Bertz CT molecular complexity index is 2160. The maximum Gasteiger partial charge on any atom is 0.311 e. The lowest BCUT2D eigenvalue weighted by Gasteiger charge is -2.38. The average Bonchev–Trinajstić information content (AvgIpc) is 3.35. The quantitative estimate of drug-likeness (QED) is 0.101. The SMILES string of the molecule is CC(C)[Si](C#Cc1cccc2cccc(-c3c(F)cc4c(N5CCCn6nc(C(=O)N(C)C)cc6C5)nc(F)nc4c3F)c12)(C(C)C)C(C)C. The van der Waals surface area contributed by atoms with Gasteiger partial charge in [0.1, 0.15) is 25.2 Å². The molecule has 3 heterocycles. The van der Waals surface area contributed by atoms with Crippen LogP contribution < -0.4 is 4.90 Å². The molecular weight excluding hydrogens is 654 g/mol. The van der Waals surface area contributed by atoms with Gasteiger partial charge in [0.15, 0.2) is 11.5 Å². The van der Waals surface area contributed by atoms with E-state index in [9.17, 15) is 4.79 Å². The number of carbonyl (C=O) groups is 1. The predicted molar refractivity (Wildman–Crippen MR) is 196 cm³/mol. The Balaban J connectivity index is 1.50. The van der Waals surface area contributed by atoms with Crippen LogP contribution >= 0.6 is 0 Å². The van der Waals surface area contributed by atoms with Crippen molar-refractivity contribution in [1.29, 1.82) is 0 Å². The number of hydrogen-bond acceptors (Lipinski definition) is 5. The molecule has 1 aliphatic heterocycles. The number of nitrogens with zero attached hydrogens (tertiary/aromatic N) is 6. The zero-order valence-corrected chi connectivity index (χ0v) is 30.9. The van der Waals surface area contributed by atoms with Gasteiger partial charge in [-0.2, -0.15) is 19.5 Å². The molecule has 0 N–H and O–H groups in total. The van der Waals surface area contributed by atoms with Gasteiger partial charge in [-0.1, -0.05) is 77.8 Å². The van der Waals surface area contributed by atoms with Crippen LogP contribution in [0.25, 0.3) is 32.8 Å². The predicted octanol–water partition coefficient (Wildman–Crippen LogP) is 8.75. The van der Waals surface area contributed by atoms with Crippen LogP contribution in [0, 0.1) is 29.2 Å². The minimum Gasteiger partial charge on any atom is -0.350 e. The molecule has 0 aliphatic carbocycles. The Kier molecular flexibility index (Phi) is 9.53. The number of benzene rings is 3. The zero-order chi connectivity index (χ0) is 36.1. The second-order valence-electron chi connectivity index (χ2n) is 14.3. The van der Waals surface area contributed by atoms with E-state index in [1.807, 2.05) is 24.3 Å². The molecular formula is C39H43F3N6OSi. The summed E-state index contributed by atoms with van der Waals surface area (Å²) in [6.07, 6.45) is -0.526. The topological polar surface area (TPSA) is 67.2 Å². The van der Waals surface area contributed by atoms with Gasteiger partial charge in [-0.3, -0.25) is 9.48 Å². The van der Waals surface area contributed by atoms with Gasteiger partial charge in [0.25, 0.3) is 5.91 Å². The number of rotatable bonds is 6. The molecule has 1 aliphatic rings. The number of fused-ring (bicyclic) bond motifs is 3. The van der Waals surface area contributed by atoms with Gasteiger partial charge < -0.3 is 9.80 Å². The van der Waals surface area contributed by atoms with E-state index in [4.69, 9.17) is 0 Å². The number of halogens is 3. The number of carbonyl (C=O) groups excluding carboxylic acids is 1. The summed E-state index contributed by atoms with van der Waals surface area (Å²) in [5.41, 5.74) is 6.41. The lowest BCUT2D eigenvalue weighted by atomic mass is 9.93. The first-order valence-electron chi connectivity index (χ1n) is 17.2. The molecule has 11 heteroatoms. The van der Waals surface area contributed by atoms with Gasteiger partial charge in [-0.25, -0.2) is 8.78 Å². The summed E-state index contributed by atoms with van der Waals surface area (Å²) in [7, 11) is 1.19. The van der Waals surface area contributed by atoms with Crippen molar-refractivity contribution < 1.29 is 18.0 Å². The molecule has 0 fully saturated rings. The summed E-state index contributed by atoms with van der Waals surface area (Å²) < 4.78 is 50.2. The first kappa shape index (κ1) is 35.1. The molecule has 0 spiro atoms. The highest BCUT2D eigenvalue weighted by molar-refractivity contribution is 6.90. The standard InChI is InChI=1S/C39H43F3N6OSi/c1-23(2)50(24(3)4,25(5)6)19-16-27-13-9-12-26-14-10-15-29(33(26)27)34-31(40)21-30-36(35(34)41)43-39(42)44-37(30)47-17-11-18-48-28(22-47)20-32(45-48)38(49)46(7)8/h9-10,12-15,20-21,23-25H,11,17-18,22H2,1-8H3. The summed E-state index contributed by atoms with van der Waals surface area (Å²) in [5.74, 6) is 1.56. The normalized spacial score (nSPS) is 13.6. The van der Waals surface area contributed by atoms with Crippen LogP contribution in [0.4, 0.5) is 19.0 Å². The third-order valence-corrected chi connectivity index (χ3v) is 16.5. The van der Waals surface area contributed by atoms with E-state index in [-0.39, 0.29) is 40.4 Å². The molecule has 0 atom stereocenters. The number of amides is 1. The molecule has 0 radical (unpaired) electrons. The van der Waals surface area contributed by atoms with Crippen molar-refractivity contribution >= 4 is 41.5 Å². The Labute approximate surface area is 292 Å². The van der Waals surface area contributed by atoms with E-state index in [1.165, 1.54) is 11.0 Å². The minimum absolute atomic E-state index is 0.0598. The van der Waals surface area contributed by atoms with Crippen LogP contribution in [0.5, 0.6) is 0 Å². The number of hydrogen-bond donors (Lipinski definition) is 0. The van der Waals surface area contributed by atoms with Crippen molar-refractivity contribution in [3.8, 4) is 22.6 Å². The number of anilines is 1. The highest BCUT2D eigenvalue weighted by atomic mass is 28.3. The average molecular weight is 697 g/mol. The van der Waals surface area contributed by atoms with Gasteiger partial charge in [-0.15, -0.1) is 5.54 Å². The molecule has 5 aromatic rings. The van der Waals surface area contributed by atoms with Crippen molar-refractivity contribution in [3.05, 3.63) is 83.2 Å². The molecule has 2 aromatic heterocycles. The lowest BCUT2D eigenvalue weighted by molar-refractivity contribution is 0.0821. The maximum atomic E-state index is 16.8. The summed E-state index contributed by atoms with van der Waals surface area (Å²) in [5, 5.41) is 5.95. The molecule has 260 valence electrons. The summed E-state index contributed by atoms with van der Waals surface area (Å²) >= 11 is 0. The monoisotopic (exact) mass is 696 g/mol. The second kappa shape index (κ2) is 13.6.